The topological polar surface area (TPSA) is 17.1 Å². The van der Waals surface area contributed by atoms with Gasteiger partial charge in [0.15, 0.2) is 5.78 Å². The van der Waals surface area contributed by atoms with Crippen molar-refractivity contribution in [3.05, 3.63) is 64.9 Å². The minimum atomic E-state index is -0.320. The molecule has 0 aliphatic rings. The Bertz CT molecular complexity index is 566. The number of rotatable bonds is 6. The minimum Gasteiger partial charge on any atom is -0.294 e. The molecular weight excluding hydrogens is 295 g/mol. The van der Waals surface area contributed by atoms with Crippen molar-refractivity contribution in [2.75, 3.05) is 5.75 Å². The summed E-state index contributed by atoms with van der Waals surface area (Å²) < 4.78 is 12.7. The summed E-state index contributed by atoms with van der Waals surface area (Å²) in [5.41, 5.74) is 0.572. The molecule has 0 aliphatic heterocycles. The molecule has 0 saturated carbocycles. The third-order valence-electron chi connectivity index (χ3n) is 2.80. The normalized spacial score (nSPS) is 10.5. The number of ketones is 1. The molecule has 0 aliphatic carbocycles. The third kappa shape index (κ3) is 4.66. The summed E-state index contributed by atoms with van der Waals surface area (Å²) in [5.74, 6) is 0.607. The fraction of sp³-hybridized carbons (Fsp3) is 0.188. The van der Waals surface area contributed by atoms with E-state index in [2.05, 4.69) is 0 Å². The molecule has 0 aromatic heterocycles. The largest absolute Gasteiger partial charge is 0.294 e. The van der Waals surface area contributed by atoms with Gasteiger partial charge in [-0.1, -0.05) is 11.6 Å². The van der Waals surface area contributed by atoms with Gasteiger partial charge in [-0.2, -0.15) is 0 Å². The maximum absolute atomic E-state index is 12.7. The molecule has 0 saturated heterocycles. The van der Waals surface area contributed by atoms with Crippen LogP contribution in [0.3, 0.4) is 0 Å². The van der Waals surface area contributed by atoms with Crippen LogP contribution in [0.25, 0.3) is 0 Å². The van der Waals surface area contributed by atoms with Gasteiger partial charge in [0.1, 0.15) is 5.82 Å². The zero-order valence-electron chi connectivity index (χ0n) is 10.8. The SMILES string of the molecule is O=C(CCCSc1ccc(Cl)cc1)c1ccc(F)cc1. The fourth-order valence-electron chi connectivity index (χ4n) is 1.73. The van der Waals surface area contributed by atoms with Crippen molar-refractivity contribution in [2.45, 2.75) is 17.7 Å². The molecular formula is C16H14ClFOS. The van der Waals surface area contributed by atoms with E-state index in [0.29, 0.717) is 12.0 Å². The lowest BCUT2D eigenvalue weighted by atomic mass is 10.1. The Morgan fingerprint density at radius 1 is 1.05 bits per heavy atom. The third-order valence-corrected chi connectivity index (χ3v) is 4.15. The zero-order valence-corrected chi connectivity index (χ0v) is 12.4. The van der Waals surface area contributed by atoms with Gasteiger partial charge in [-0.3, -0.25) is 4.79 Å². The van der Waals surface area contributed by atoms with Crippen molar-refractivity contribution in [2.24, 2.45) is 0 Å². The van der Waals surface area contributed by atoms with Gasteiger partial charge in [0.25, 0.3) is 0 Å². The van der Waals surface area contributed by atoms with Crippen LogP contribution in [0.5, 0.6) is 0 Å². The first-order valence-electron chi connectivity index (χ1n) is 6.32. The summed E-state index contributed by atoms with van der Waals surface area (Å²) in [5, 5.41) is 0.723. The highest BCUT2D eigenvalue weighted by atomic mass is 35.5. The smallest absolute Gasteiger partial charge is 0.162 e. The van der Waals surface area contributed by atoms with Crippen LogP contribution in [-0.4, -0.2) is 11.5 Å². The van der Waals surface area contributed by atoms with E-state index in [0.717, 1.165) is 22.1 Å². The first-order valence-corrected chi connectivity index (χ1v) is 7.68. The minimum absolute atomic E-state index is 0.0571. The van der Waals surface area contributed by atoms with Gasteiger partial charge in [-0.25, -0.2) is 4.39 Å². The number of hydrogen-bond acceptors (Lipinski definition) is 2. The van der Waals surface area contributed by atoms with Gasteiger partial charge >= 0.3 is 0 Å². The Labute approximate surface area is 127 Å². The average Bonchev–Trinajstić information content (AvgIpc) is 2.46. The maximum atomic E-state index is 12.7. The number of carbonyl (C=O) groups excluding carboxylic acids is 1. The summed E-state index contributed by atoms with van der Waals surface area (Å²) in [4.78, 5) is 13.0. The van der Waals surface area contributed by atoms with Crippen LogP contribution in [0.2, 0.25) is 5.02 Å². The lowest BCUT2D eigenvalue weighted by molar-refractivity contribution is 0.0982. The number of carbonyl (C=O) groups is 1. The van der Waals surface area contributed by atoms with E-state index in [4.69, 9.17) is 11.6 Å². The van der Waals surface area contributed by atoms with Gasteiger partial charge in [-0.15, -0.1) is 11.8 Å². The summed E-state index contributed by atoms with van der Waals surface area (Å²) in [6.45, 7) is 0. The van der Waals surface area contributed by atoms with E-state index in [1.165, 1.54) is 24.3 Å². The van der Waals surface area contributed by atoms with Gasteiger partial charge in [0.2, 0.25) is 0 Å². The average molecular weight is 309 g/mol. The monoisotopic (exact) mass is 308 g/mol. The van der Waals surface area contributed by atoms with Crippen LogP contribution in [0.1, 0.15) is 23.2 Å². The molecule has 4 heteroatoms. The van der Waals surface area contributed by atoms with E-state index in [9.17, 15) is 9.18 Å². The van der Waals surface area contributed by atoms with Gasteiger partial charge in [0, 0.05) is 21.9 Å². The predicted molar refractivity (Wildman–Crippen MR) is 82.1 cm³/mol. The van der Waals surface area contributed by atoms with E-state index in [-0.39, 0.29) is 11.6 Å². The Kier molecular flexibility index (Phi) is 5.62. The van der Waals surface area contributed by atoms with Crippen LogP contribution in [0.4, 0.5) is 4.39 Å². The molecule has 20 heavy (non-hydrogen) atoms. The van der Waals surface area contributed by atoms with Crippen LogP contribution in [-0.2, 0) is 0 Å². The molecule has 0 fully saturated rings. The van der Waals surface area contributed by atoms with Crippen molar-refractivity contribution < 1.29 is 9.18 Å². The van der Waals surface area contributed by atoms with E-state index in [1.54, 1.807) is 11.8 Å². The molecule has 0 radical (unpaired) electrons. The molecule has 0 spiro atoms. The van der Waals surface area contributed by atoms with Crippen LogP contribution in [0.15, 0.2) is 53.4 Å². The molecule has 2 rings (SSSR count). The van der Waals surface area contributed by atoms with Crippen LogP contribution < -0.4 is 0 Å². The molecule has 0 amide bonds. The molecule has 0 atom stereocenters. The lowest BCUT2D eigenvalue weighted by Gasteiger charge is -2.02. The summed E-state index contributed by atoms with van der Waals surface area (Å²) in [6, 6.07) is 13.3. The Balaban J connectivity index is 1.74. The van der Waals surface area contributed by atoms with Crippen LogP contribution >= 0.6 is 23.4 Å². The number of halogens is 2. The van der Waals surface area contributed by atoms with Gasteiger partial charge in [0.05, 0.1) is 0 Å². The highest BCUT2D eigenvalue weighted by Gasteiger charge is 2.05. The highest BCUT2D eigenvalue weighted by molar-refractivity contribution is 7.99. The fourth-order valence-corrected chi connectivity index (χ4v) is 2.71. The molecule has 1 nitrogen and oxygen atoms in total. The predicted octanol–water partition coefficient (Wildman–Crippen LogP) is 5.23. The molecule has 0 N–H and O–H groups in total. The number of thioether (sulfide) groups is 1. The van der Waals surface area contributed by atoms with E-state index in [1.807, 2.05) is 24.3 Å². The quantitative estimate of drug-likeness (QED) is 0.413. The molecule has 0 bridgehead atoms. The Hall–Kier alpha value is -1.32. The van der Waals surface area contributed by atoms with Crippen LogP contribution in [0, 0.1) is 5.82 Å². The van der Waals surface area contributed by atoms with Crippen molar-refractivity contribution in [1.29, 1.82) is 0 Å². The Morgan fingerprint density at radius 2 is 1.70 bits per heavy atom. The zero-order chi connectivity index (χ0) is 14.4. The Morgan fingerprint density at radius 3 is 2.35 bits per heavy atom. The van der Waals surface area contributed by atoms with Gasteiger partial charge in [-0.05, 0) is 60.7 Å². The second kappa shape index (κ2) is 7.46. The first-order chi connectivity index (χ1) is 9.65. The van der Waals surface area contributed by atoms with E-state index >= 15 is 0 Å². The molecule has 104 valence electrons. The summed E-state index contributed by atoms with van der Waals surface area (Å²) in [7, 11) is 0. The molecule has 2 aromatic rings. The second-order valence-corrected chi connectivity index (χ2v) is 5.94. The molecule has 0 heterocycles. The first kappa shape index (κ1) is 15.1. The summed E-state index contributed by atoms with van der Waals surface area (Å²) >= 11 is 7.51. The number of benzene rings is 2. The molecule has 2 aromatic carbocycles. The van der Waals surface area contributed by atoms with Crippen molar-refractivity contribution in [1.82, 2.24) is 0 Å². The lowest BCUT2D eigenvalue weighted by Crippen LogP contribution is -1.99. The second-order valence-electron chi connectivity index (χ2n) is 4.34. The number of Topliss-reactive ketones (excluding diaryl/α,β-unsaturated/α-hetero) is 1. The van der Waals surface area contributed by atoms with Gasteiger partial charge < -0.3 is 0 Å². The van der Waals surface area contributed by atoms with Crippen molar-refractivity contribution in [3.63, 3.8) is 0 Å². The standard InChI is InChI=1S/C16H14ClFOS/c17-13-5-9-15(10-6-13)20-11-1-2-16(19)12-3-7-14(18)8-4-12/h3-10H,1-2,11H2. The summed E-state index contributed by atoms with van der Waals surface area (Å²) in [6.07, 6.45) is 1.27. The van der Waals surface area contributed by atoms with Crippen molar-refractivity contribution in [3.8, 4) is 0 Å². The molecule has 0 unspecified atom stereocenters. The maximum Gasteiger partial charge on any atom is 0.162 e. The van der Waals surface area contributed by atoms with E-state index < -0.39 is 0 Å². The number of hydrogen-bond donors (Lipinski definition) is 0. The highest BCUT2D eigenvalue weighted by Crippen LogP contribution is 2.21. The van der Waals surface area contributed by atoms with Crippen molar-refractivity contribution >= 4 is 29.1 Å².